The lowest BCUT2D eigenvalue weighted by Crippen LogP contribution is -2.00. The fraction of sp³-hybridized carbons (Fsp3) is 0.158. The SMILES string of the molecule is c1ccc(CC2Cc3cccc4cccc2c34)cc1. The summed E-state index contributed by atoms with van der Waals surface area (Å²) in [6.45, 7) is 0. The molecule has 0 nitrogen and oxygen atoms in total. The molecule has 0 heterocycles. The van der Waals surface area contributed by atoms with Crippen LogP contribution in [0.5, 0.6) is 0 Å². The third-order valence-electron chi connectivity index (χ3n) is 4.25. The Hall–Kier alpha value is -2.08. The smallest absolute Gasteiger partial charge is 0.00746 e. The molecule has 1 aliphatic rings. The van der Waals surface area contributed by atoms with Crippen molar-refractivity contribution >= 4 is 10.8 Å². The Bertz CT molecular complexity index is 720. The summed E-state index contributed by atoms with van der Waals surface area (Å²) in [5, 5.41) is 2.90. The predicted octanol–water partition coefficient (Wildman–Crippen LogP) is 4.72. The molecular weight excluding hydrogens is 228 g/mol. The minimum atomic E-state index is 0.642. The molecular formula is C19H16. The molecule has 1 atom stereocenters. The van der Waals surface area contributed by atoms with Gasteiger partial charge in [-0.1, -0.05) is 66.7 Å². The Morgan fingerprint density at radius 2 is 1.58 bits per heavy atom. The van der Waals surface area contributed by atoms with E-state index in [0.29, 0.717) is 5.92 Å². The lowest BCUT2D eigenvalue weighted by atomic mass is 9.93. The van der Waals surface area contributed by atoms with Gasteiger partial charge in [-0.2, -0.15) is 0 Å². The maximum absolute atomic E-state index is 2.31. The Labute approximate surface area is 113 Å². The van der Waals surface area contributed by atoms with Crippen molar-refractivity contribution < 1.29 is 0 Å². The summed E-state index contributed by atoms with van der Waals surface area (Å²) in [5.41, 5.74) is 4.50. The van der Waals surface area contributed by atoms with E-state index in [1.165, 1.54) is 33.9 Å². The lowest BCUT2D eigenvalue weighted by molar-refractivity contribution is 0.709. The van der Waals surface area contributed by atoms with Crippen molar-refractivity contribution in [1.82, 2.24) is 0 Å². The van der Waals surface area contributed by atoms with E-state index in [0.717, 1.165) is 6.42 Å². The number of rotatable bonds is 2. The van der Waals surface area contributed by atoms with Crippen molar-refractivity contribution in [1.29, 1.82) is 0 Å². The standard InChI is InChI=1S/C19H16/c1-2-6-14(7-3-1)12-17-13-16-10-4-8-15-9-5-11-18(17)19(15)16/h1-11,17H,12-13H2. The highest BCUT2D eigenvalue weighted by atomic mass is 14.3. The highest BCUT2D eigenvalue weighted by Gasteiger charge is 2.23. The molecule has 0 bridgehead atoms. The van der Waals surface area contributed by atoms with Crippen LogP contribution in [0.1, 0.15) is 22.6 Å². The fourth-order valence-corrected chi connectivity index (χ4v) is 3.42. The van der Waals surface area contributed by atoms with Gasteiger partial charge in [-0.3, -0.25) is 0 Å². The monoisotopic (exact) mass is 244 g/mol. The summed E-state index contributed by atoms with van der Waals surface area (Å²) in [6, 6.07) is 24.3. The molecule has 3 aromatic carbocycles. The van der Waals surface area contributed by atoms with Gasteiger partial charge in [-0.15, -0.1) is 0 Å². The van der Waals surface area contributed by atoms with Crippen LogP contribution in [-0.2, 0) is 12.8 Å². The molecule has 0 aliphatic heterocycles. The first-order valence-corrected chi connectivity index (χ1v) is 6.96. The van der Waals surface area contributed by atoms with E-state index in [1.54, 1.807) is 0 Å². The highest BCUT2D eigenvalue weighted by Crippen LogP contribution is 2.39. The first-order valence-electron chi connectivity index (χ1n) is 6.96. The van der Waals surface area contributed by atoms with Crippen LogP contribution in [0.25, 0.3) is 10.8 Å². The van der Waals surface area contributed by atoms with E-state index in [2.05, 4.69) is 66.7 Å². The van der Waals surface area contributed by atoms with Crippen LogP contribution in [-0.4, -0.2) is 0 Å². The van der Waals surface area contributed by atoms with Gasteiger partial charge in [0.15, 0.2) is 0 Å². The van der Waals surface area contributed by atoms with Crippen molar-refractivity contribution in [2.24, 2.45) is 0 Å². The quantitative estimate of drug-likeness (QED) is 0.611. The fourth-order valence-electron chi connectivity index (χ4n) is 3.42. The van der Waals surface area contributed by atoms with Gasteiger partial charge in [-0.05, 0) is 46.2 Å². The van der Waals surface area contributed by atoms with Crippen LogP contribution in [0.4, 0.5) is 0 Å². The molecule has 1 unspecified atom stereocenters. The summed E-state index contributed by atoms with van der Waals surface area (Å²) in [5.74, 6) is 0.642. The predicted molar refractivity (Wildman–Crippen MR) is 80.5 cm³/mol. The molecule has 0 saturated carbocycles. The first-order chi connectivity index (χ1) is 9.42. The maximum Gasteiger partial charge on any atom is -0.00746 e. The van der Waals surface area contributed by atoms with Gasteiger partial charge >= 0.3 is 0 Å². The van der Waals surface area contributed by atoms with Gasteiger partial charge in [0.25, 0.3) is 0 Å². The minimum Gasteiger partial charge on any atom is -0.0622 e. The first kappa shape index (κ1) is 10.8. The summed E-state index contributed by atoms with van der Waals surface area (Å²) >= 11 is 0. The van der Waals surface area contributed by atoms with E-state index < -0.39 is 0 Å². The lowest BCUT2D eigenvalue weighted by Gasteiger charge is -2.11. The van der Waals surface area contributed by atoms with Crippen LogP contribution in [0.15, 0.2) is 66.7 Å². The topological polar surface area (TPSA) is 0 Å². The zero-order valence-corrected chi connectivity index (χ0v) is 10.8. The Kier molecular flexibility index (Phi) is 2.41. The van der Waals surface area contributed by atoms with Crippen LogP contribution >= 0.6 is 0 Å². The molecule has 4 rings (SSSR count). The van der Waals surface area contributed by atoms with Crippen LogP contribution in [0, 0.1) is 0 Å². The summed E-state index contributed by atoms with van der Waals surface area (Å²) < 4.78 is 0. The molecule has 0 N–H and O–H groups in total. The zero-order chi connectivity index (χ0) is 12.7. The molecule has 0 radical (unpaired) electrons. The average Bonchev–Trinajstić information content (AvgIpc) is 2.81. The molecule has 1 aliphatic carbocycles. The molecule has 92 valence electrons. The van der Waals surface area contributed by atoms with Gasteiger partial charge < -0.3 is 0 Å². The summed E-state index contributed by atoms with van der Waals surface area (Å²) in [4.78, 5) is 0. The van der Waals surface area contributed by atoms with Crippen molar-refractivity contribution in [3.05, 3.63) is 83.4 Å². The van der Waals surface area contributed by atoms with E-state index in [-0.39, 0.29) is 0 Å². The molecule has 0 fully saturated rings. The van der Waals surface area contributed by atoms with Gasteiger partial charge in [0.1, 0.15) is 0 Å². The summed E-state index contributed by atoms with van der Waals surface area (Å²) in [6.07, 6.45) is 2.33. The normalized spacial score (nSPS) is 16.9. The van der Waals surface area contributed by atoms with Gasteiger partial charge in [0.2, 0.25) is 0 Å². The van der Waals surface area contributed by atoms with E-state index >= 15 is 0 Å². The van der Waals surface area contributed by atoms with Crippen molar-refractivity contribution in [3.8, 4) is 0 Å². The third kappa shape index (κ3) is 1.76. The van der Waals surface area contributed by atoms with E-state index in [9.17, 15) is 0 Å². The largest absolute Gasteiger partial charge is 0.0622 e. The Morgan fingerprint density at radius 3 is 2.42 bits per heavy atom. The van der Waals surface area contributed by atoms with Crippen molar-refractivity contribution in [3.63, 3.8) is 0 Å². The average molecular weight is 244 g/mol. The highest BCUT2D eigenvalue weighted by molar-refractivity contribution is 5.91. The number of benzene rings is 3. The third-order valence-corrected chi connectivity index (χ3v) is 4.25. The summed E-state index contributed by atoms with van der Waals surface area (Å²) in [7, 11) is 0. The second-order valence-electron chi connectivity index (χ2n) is 5.45. The van der Waals surface area contributed by atoms with E-state index in [1.807, 2.05) is 0 Å². The van der Waals surface area contributed by atoms with Crippen LogP contribution in [0.3, 0.4) is 0 Å². The molecule has 3 aromatic rings. The van der Waals surface area contributed by atoms with Gasteiger partial charge in [-0.25, -0.2) is 0 Å². The molecule has 0 spiro atoms. The molecule has 0 saturated heterocycles. The molecule has 0 amide bonds. The van der Waals surface area contributed by atoms with Crippen LogP contribution in [0.2, 0.25) is 0 Å². The molecule has 0 heteroatoms. The number of hydrogen-bond donors (Lipinski definition) is 0. The zero-order valence-electron chi connectivity index (χ0n) is 10.8. The Balaban J connectivity index is 1.77. The minimum absolute atomic E-state index is 0.642. The van der Waals surface area contributed by atoms with E-state index in [4.69, 9.17) is 0 Å². The Morgan fingerprint density at radius 1 is 0.789 bits per heavy atom. The van der Waals surface area contributed by atoms with Gasteiger partial charge in [0.05, 0.1) is 0 Å². The van der Waals surface area contributed by atoms with Gasteiger partial charge in [0, 0.05) is 0 Å². The van der Waals surface area contributed by atoms with Crippen LogP contribution < -0.4 is 0 Å². The maximum atomic E-state index is 2.31. The molecule has 19 heavy (non-hydrogen) atoms. The molecule has 0 aromatic heterocycles. The van der Waals surface area contributed by atoms with Crippen molar-refractivity contribution in [2.45, 2.75) is 18.8 Å². The second kappa shape index (κ2) is 4.24. The number of hydrogen-bond acceptors (Lipinski definition) is 0. The van der Waals surface area contributed by atoms with Crippen molar-refractivity contribution in [2.75, 3.05) is 0 Å². The second-order valence-corrected chi connectivity index (χ2v) is 5.45.